The van der Waals surface area contributed by atoms with Crippen molar-refractivity contribution >= 4 is 106 Å². The van der Waals surface area contributed by atoms with Crippen molar-refractivity contribution in [3.05, 3.63) is 301 Å². The Kier molecular flexibility index (Phi) is 17.0. The summed E-state index contributed by atoms with van der Waals surface area (Å²) in [5.74, 6) is 16.4. The van der Waals surface area contributed by atoms with E-state index in [1.165, 1.54) is 41.5 Å². The molecular weight excluding hydrogens is 1170 g/mol. The van der Waals surface area contributed by atoms with Crippen LogP contribution in [-0.4, -0.2) is 32.3 Å². The molecule has 4 heteroatoms. The second-order valence-electron chi connectivity index (χ2n) is 28.9. The molecule has 0 aromatic heterocycles. The average Bonchev–Trinajstić information content (AvgIpc) is 0.734. The Hall–Kier alpha value is -9.21. The molecule has 0 amide bonds. The summed E-state index contributed by atoms with van der Waals surface area (Å²) in [5.41, 5.74) is 21.0. The lowest BCUT2D eigenvalue weighted by molar-refractivity contribution is 0.740. The van der Waals surface area contributed by atoms with Crippen molar-refractivity contribution in [2.75, 3.05) is 0 Å². The fraction of sp³-hybridized carbons (Fsp3) is 0.182. The Balaban J connectivity index is 1.26. The van der Waals surface area contributed by atoms with Gasteiger partial charge in [-0.15, -0.1) is 22.2 Å². The minimum Gasteiger partial charge on any atom is -0.114 e. The molecule has 0 unspecified atom stereocenters. The average molecular weight is 1250 g/mol. The summed E-state index contributed by atoms with van der Waals surface area (Å²) in [4.78, 5) is 0. The molecule has 12 aromatic rings. The zero-order chi connectivity index (χ0) is 64.6. The van der Waals surface area contributed by atoms with Gasteiger partial charge in [-0.1, -0.05) is 374 Å². The summed E-state index contributed by atoms with van der Waals surface area (Å²) in [6.07, 6.45) is 0. The van der Waals surface area contributed by atoms with Crippen LogP contribution in [0.1, 0.15) is 105 Å². The van der Waals surface area contributed by atoms with E-state index in [-0.39, 0.29) is 20.2 Å². The molecule has 0 nitrogen and oxygen atoms in total. The van der Waals surface area contributed by atoms with Crippen LogP contribution in [0.25, 0.3) is 32.3 Å². The second kappa shape index (κ2) is 24.8. The fourth-order valence-electron chi connectivity index (χ4n) is 15.0. The van der Waals surface area contributed by atoms with Crippen molar-refractivity contribution in [2.24, 2.45) is 0 Å². The zero-order valence-corrected chi connectivity index (χ0v) is 59.6. The Morgan fingerprint density at radius 1 is 0.196 bits per heavy atom. The van der Waals surface area contributed by atoms with Crippen molar-refractivity contribution in [3.63, 3.8) is 0 Å². The van der Waals surface area contributed by atoms with Crippen LogP contribution in [0, 0.1) is 45.9 Å². The minimum atomic E-state index is -2.91. The van der Waals surface area contributed by atoms with E-state index in [1.54, 1.807) is 0 Å². The molecule has 0 aliphatic heterocycles. The molecule has 0 aliphatic carbocycles. The monoisotopic (exact) mass is 1250 g/mol. The van der Waals surface area contributed by atoms with E-state index < -0.39 is 32.3 Å². The highest BCUT2D eigenvalue weighted by Crippen LogP contribution is 2.44. The van der Waals surface area contributed by atoms with Gasteiger partial charge < -0.3 is 0 Å². The molecule has 0 atom stereocenters. The van der Waals surface area contributed by atoms with Crippen LogP contribution < -0.4 is 41.5 Å². The van der Waals surface area contributed by atoms with Gasteiger partial charge in [0.05, 0.1) is 0 Å². The van der Waals surface area contributed by atoms with Crippen molar-refractivity contribution < 1.29 is 0 Å². The topological polar surface area (TPSA) is 0 Å². The molecule has 0 heterocycles. The number of hydrogen-bond donors (Lipinski definition) is 0. The molecule has 12 aromatic carbocycles. The fourth-order valence-corrected chi connectivity index (χ4v) is 32.8. The molecule has 450 valence electrons. The first-order valence-corrected chi connectivity index (χ1v) is 40.5. The first-order chi connectivity index (χ1) is 44.2. The van der Waals surface area contributed by atoms with Gasteiger partial charge >= 0.3 is 0 Å². The zero-order valence-electron chi connectivity index (χ0n) is 55.6. The molecular formula is C88H82Si4. The summed E-state index contributed by atoms with van der Waals surface area (Å²) >= 11 is 0. The Labute approximate surface area is 552 Å². The Morgan fingerprint density at radius 2 is 0.337 bits per heavy atom. The molecule has 0 aliphatic rings. The van der Waals surface area contributed by atoms with Crippen LogP contribution >= 0.6 is 0 Å². The van der Waals surface area contributed by atoms with E-state index in [0.29, 0.717) is 0 Å². The molecule has 0 fully saturated rings. The van der Waals surface area contributed by atoms with Gasteiger partial charge in [0.1, 0.15) is 0 Å². The quantitative estimate of drug-likeness (QED) is 0.0808. The van der Waals surface area contributed by atoms with Gasteiger partial charge in [0, 0.05) is 22.3 Å². The molecule has 0 saturated heterocycles. The van der Waals surface area contributed by atoms with Crippen molar-refractivity contribution in [3.8, 4) is 45.9 Å². The summed E-state index contributed by atoms with van der Waals surface area (Å²) < 4.78 is 0. The highest BCUT2D eigenvalue weighted by Gasteiger charge is 2.50. The third-order valence-electron chi connectivity index (χ3n) is 19.6. The molecule has 0 saturated carbocycles. The molecule has 0 spiro atoms. The van der Waals surface area contributed by atoms with Gasteiger partial charge in [0.25, 0.3) is 0 Å². The van der Waals surface area contributed by atoms with Crippen LogP contribution in [-0.2, 0) is 0 Å². The summed E-state index contributed by atoms with van der Waals surface area (Å²) in [5, 5.41) is 16.2. The van der Waals surface area contributed by atoms with E-state index in [0.717, 1.165) is 54.6 Å². The van der Waals surface area contributed by atoms with E-state index in [9.17, 15) is 0 Å². The van der Waals surface area contributed by atoms with Crippen LogP contribution in [0.15, 0.2) is 279 Å². The SMILES string of the molecule is CC(C)(C)[Si](C#Cc1cc(C#C[Si](c2ccccc2)(c2ccccc2)C(C)(C)C)c2ccc3c(C#C[Si](c4ccccc4)(c4ccccc4)C(C)(C)C)cc(C#C[Si](c4ccccc4)(c4ccccc4)C(C)(C)C)c4ccc1c2c43)(c1ccccc1)c1ccccc1. The first-order valence-electron chi connectivity index (χ1n) is 32.5. The van der Waals surface area contributed by atoms with E-state index in [2.05, 4.69) is 408 Å². The maximum atomic E-state index is 4.27. The van der Waals surface area contributed by atoms with Crippen molar-refractivity contribution in [2.45, 2.75) is 103 Å². The van der Waals surface area contributed by atoms with E-state index in [1.807, 2.05) is 0 Å². The lowest BCUT2D eigenvalue weighted by Gasteiger charge is -2.39. The predicted octanol–water partition coefficient (Wildman–Crippen LogP) is 16.4. The maximum absolute atomic E-state index is 4.27. The normalized spacial score (nSPS) is 12.4. The highest BCUT2D eigenvalue weighted by molar-refractivity contribution is 7.12. The third-order valence-corrected chi connectivity index (χ3v) is 40.2. The molecule has 0 radical (unpaired) electrons. The van der Waals surface area contributed by atoms with Crippen LogP contribution in [0.2, 0.25) is 20.2 Å². The van der Waals surface area contributed by atoms with Crippen LogP contribution in [0.5, 0.6) is 0 Å². The van der Waals surface area contributed by atoms with Gasteiger partial charge in [0.15, 0.2) is 0 Å². The third kappa shape index (κ3) is 10.9. The van der Waals surface area contributed by atoms with Gasteiger partial charge in [0.2, 0.25) is 32.3 Å². The van der Waals surface area contributed by atoms with Crippen LogP contribution in [0.4, 0.5) is 0 Å². The standard InChI is InChI=1S/C88H82Si4/c1-85(2,3)89(71-37-21-13-22-38-71,72-39-23-14-24-40-72)61-57-67-65-68(58-62-90(86(4,5)6,73-41-25-15-26-42-73)74-43-27-16-28-44-74)80-55-56-82-70(60-64-92(88(10,11)12,77-49-33-19-34-50-77)78-51-35-20-36-52-78)66-69(81-54-53-79(67)83(80)84(81)82)59-63-91(87(7,8)9,75-45-29-17-30-46-75)76-47-31-18-32-48-76/h13-56,65-66H,1-12H3. The molecule has 12 rings (SSSR count). The summed E-state index contributed by atoms with van der Waals surface area (Å²) in [7, 11) is -11.7. The van der Waals surface area contributed by atoms with Crippen LogP contribution in [0.3, 0.4) is 0 Å². The van der Waals surface area contributed by atoms with Gasteiger partial charge in [-0.2, -0.15) is 0 Å². The van der Waals surface area contributed by atoms with Crippen molar-refractivity contribution in [1.29, 1.82) is 0 Å². The second-order valence-corrected chi connectivity index (χ2v) is 46.6. The molecule has 0 bridgehead atoms. The lowest BCUT2D eigenvalue weighted by atomic mass is 9.86. The summed E-state index contributed by atoms with van der Waals surface area (Å²) in [6.45, 7) is 28.7. The highest BCUT2D eigenvalue weighted by atomic mass is 28.3. The molecule has 0 N–H and O–H groups in total. The Bertz CT molecular complexity index is 4090. The molecule has 92 heavy (non-hydrogen) atoms. The predicted molar refractivity (Wildman–Crippen MR) is 408 cm³/mol. The number of benzene rings is 12. The maximum Gasteiger partial charge on any atom is 0.204 e. The smallest absolute Gasteiger partial charge is 0.114 e. The van der Waals surface area contributed by atoms with E-state index >= 15 is 0 Å². The van der Waals surface area contributed by atoms with Crippen molar-refractivity contribution in [1.82, 2.24) is 0 Å². The number of hydrogen-bond acceptors (Lipinski definition) is 0. The number of rotatable bonds is 8. The lowest BCUT2D eigenvalue weighted by Crippen LogP contribution is -2.63. The Morgan fingerprint density at radius 3 is 0.467 bits per heavy atom. The largest absolute Gasteiger partial charge is 0.204 e. The summed E-state index contributed by atoms with van der Waals surface area (Å²) in [6, 6.07) is 103. The van der Waals surface area contributed by atoms with E-state index in [4.69, 9.17) is 0 Å². The van der Waals surface area contributed by atoms with Gasteiger partial charge in [-0.05, 0) is 106 Å². The first kappa shape index (κ1) is 63.0. The van der Waals surface area contributed by atoms with Gasteiger partial charge in [-0.3, -0.25) is 0 Å². The minimum absolute atomic E-state index is 0.199. The van der Waals surface area contributed by atoms with Gasteiger partial charge in [-0.25, -0.2) is 0 Å².